The van der Waals surface area contributed by atoms with Gasteiger partial charge in [-0.2, -0.15) is 8.78 Å². The van der Waals surface area contributed by atoms with Gasteiger partial charge in [-0.1, -0.05) is 54.4 Å². The molecule has 8 heteroatoms. The predicted octanol–water partition coefficient (Wildman–Crippen LogP) is 7.49. The highest BCUT2D eigenvalue weighted by Crippen LogP contribution is 2.43. The highest BCUT2D eigenvalue weighted by molar-refractivity contribution is 6.77. The van der Waals surface area contributed by atoms with Crippen LogP contribution in [-0.2, 0) is 4.43 Å². The topological polar surface area (TPSA) is 33.7 Å². The third-order valence-electron chi connectivity index (χ3n) is 7.98. The molecule has 1 aliphatic carbocycles. The fraction of sp³-hybridized carbons (Fsp3) is 0.778. The van der Waals surface area contributed by atoms with Crippen molar-refractivity contribution in [1.82, 2.24) is 5.32 Å². The molecule has 0 aromatic heterocycles. The number of halogens is 3. The summed E-state index contributed by atoms with van der Waals surface area (Å²) in [5.74, 6) is -1.21. The highest BCUT2D eigenvalue weighted by atomic mass is 28.4. The maximum Gasteiger partial charge on any atom is 0.420 e. The van der Waals surface area contributed by atoms with Gasteiger partial charge in [0.15, 0.2) is 11.6 Å². The van der Waals surface area contributed by atoms with Crippen molar-refractivity contribution < 1.29 is 22.3 Å². The minimum absolute atomic E-state index is 0.117. The monoisotopic (exact) mass is 514 g/mol. The lowest BCUT2D eigenvalue weighted by atomic mass is 9.83. The van der Waals surface area contributed by atoms with Crippen LogP contribution < -0.4 is 15.0 Å². The molecule has 0 bridgehead atoms. The minimum Gasteiger partial charge on any atom is -0.428 e. The SMILES string of the molecule is CC(C)[Si](OCC(F)(F)Oc1ccc(N2CC(C)(C)N[C@@H]3CCCC[C@H]32)cc1F)(C(C)C)C(C)C. The number of anilines is 1. The molecule has 1 aromatic carbocycles. The van der Waals surface area contributed by atoms with E-state index in [2.05, 4.69) is 24.1 Å². The quantitative estimate of drug-likeness (QED) is 0.346. The van der Waals surface area contributed by atoms with Crippen LogP contribution in [0.25, 0.3) is 0 Å². The first-order valence-electron chi connectivity index (χ1n) is 13.2. The smallest absolute Gasteiger partial charge is 0.420 e. The molecule has 0 amide bonds. The fourth-order valence-corrected chi connectivity index (χ4v) is 12.1. The van der Waals surface area contributed by atoms with Gasteiger partial charge in [0, 0.05) is 35.9 Å². The normalized spacial score (nSPS) is 23.2. The average Bonchev–Trinajstić information content (AvgIpc) is 2.73. The molecule has 4 nitrogen and oxygen atoms in total. The summed E-state index contributed by atoms with van der Waals surface area (Å²) in [6, 6.07) is 5.01. The van der Waals surface area contributed by atoms with E-state index in [4.69, 9.17) is 9.16 Å². The summed E-state index contributed by atoms with van der Waals surface area (Å²) in [6.45, 7) is 16.4. The number of ether oxygens (including phenoxy) is 1. The third-order valence-corrected chi connectivity index (χ3v) is 14.0. The largest absolute Gasteiger partial charge is 0.428 e. The van der Waals surface area contributed by atoms with E-state index in [0.717, 1.165) is 25.8 Å². The molecular weight excluding hydrogens is 469 g/mol. The van der Waals surface area contributed by atoms with E-state index in [1.54, 1.807) is 6.07 Å². The standard InChI is InChI=1S/C27H45F3N2O2Si/c1-18(2)35(19(3)4,20(5)6)33-17-27(29,30)34-25-14-13-21(15-22(25)28)32-16-26(7,8)31-23-11-9-10-12-24(23)32/h13-15,18-20,23-24,31H,9-12,16-17H2,1-8H3/t23-,24-/m1/s1. The second-order valence-corrected chi connectivity index (χ2v) is 17.5. The molecule has 2 atom stereocenters. The third kappa shape index (κ3) is 6.19. The Bertz CT molecular complexity index is 841. The van der Waals surface area contributed by atoms with Gasteiger partial charge in [-0.3, -0.25) is 0 Å². The predicted molar refractivity (Wildman–Crippen MR) is 140 cm³/mol. The molecule has 1 saturated carbocycles. The maximum atomic E-state index is 15.1. The van der Waals surface area contributed by atoms with E-state index in [-0.39, 0.29) is 28.2 Å². The van der Waals surface area contributed by atoms with Gasteiger partial charge in [0.2, 0.25) is 8.32 Å². The van der Waals surface area contributed by atoms with E-state index in [1.807, 2.05) is 41.5 Å². The van der Waals surface area contributed by atoms with Crippen molar-refractivity contribution >= 4 is 14.0 Å². The van der Waals surface area contributed by atoms with Gasteiger partial charge in [0.25, 0.3) is 0 Å². The van der Waals surface area contributed by atoms with Gasteiger partial charge >= 0.3 is 6.11 Å². The molecule has 35 heavy (non-hydrogen) atoms. The number of hydrogen-bond donors (Lipinski definition) is 1. The second kappa shape index (κ2) is 10.6. The van der Waals surface area contributed by atoms with Crippen LogP contribution >= 0.6 is 0 Å². The molecule has 2 aliphatic rings. The molecule has 1 saturated heterocycles. The van der Waals surface area contributed by atoms with Crippen LogP contribution in [0.3, 0.4) is 0 Å². The number of rotatable bonds is 9. The Labute approximate surface area is 211 Å². The number of benzene rings is 1. The van der Waals surface area contributed by atoms with E-state index in [0.29, 0.717) is 11.7 Å². The van der Waals surface area contributed by atoms with Crippen molar-refractivity contribution in [2.45, 2.75) is 121 Å². The molecule has 1 aromatic rings. The van der Waals surface area contributed by atoms with Gasteiger partial charge in [0.05, 0.1) is 0 Å². The second-order valence-electron chi connectivity index (χ2n) is 12.1. The number of nitrogens with zero attached hydrogens (tertiary/aromatic N) is 1. The molecule has 200 valence electrons. The number of hydrogen-bond acceptors (Lipinski definition) is 4. The summed E-state index contributed by atoms with van der Waals surface area (Å²) >= 11 is 0. The zero-order chi connectivity index (χ0) is 26.2. The van der Waals surface area contributed by atoms with Gasteiger partial charge in [0.1, 0.15) is 6.61 Å². The van der Waals surface area contributed by atoms with Crippen molar-refractivity contribution in [2.75, 3.05) is 18.1 Å². The van der Waals surface area contributed by atoms with Gasteiger partial charge in [-0.05, 0) is 55.4 Å². The van der Waals surface area contributed by atoms with Crippen LogP contribution in [0.1, 0.15) is 81.1 Å². The van der Waals surface area contributed by atoms with E-state index in [9.17, 15) is 8.78 Å². The van der Waals surface area contributed by atoms with Crippen molar-refractivity contribution in [3.8, 4) is 5.75 Å². The number of piperazine rings is 1. The maximum absolute atomic E-state index is 15.1. The first-order valence-corrected chi connectivity index (χ1v) is 15.4. The molecule has 3 rings (SSSR count). The zero-order valence-electron chi connectivity index (χ0n) is 22.8. The van der Waals surface area contributed by atoms with Crippen molar-refractivity contribution in [3.63, 3.8) is 0 Å². The van der Waals surface area contributed by atoms with Crippen LogP contribution in [0.4, 0.5) is 18.9 Å². The summed E-state index contributed by atoms with van der Waals surface area (Å²) in [5.41, 5.74) is 1.10. The molecule has 1 N–H and O–H groups in total. The Balaban J connectivity index is 1.76. The van der Waals surface area contributed by atoms with Crippen molar-refractivity contribution in [3.05, 3.63) is 24.0 Å². The molecular formula is C27H45F3N2O2Si. The molecule has 2 fully saturated rings. The highest BCUT2D eigenvalue weighted by Gasteiger charge is 2.48. The molecule has 0 unspecified atom stereocenters. The lowest BCUT2D eigenvalue weighted by Crippen LogP contribution is -2.67. The summed E-state index contributed by atoms with van der Waals surface area (Å²) in [7, 11) is -2.50. The Hall–Kier alpha value is -1.25. The lowest BCUT2D eigenvalue weighted by molar-refractivity contribution is -0.199. The fourth-order valence-electron chi connectivity index (χ4n) is 6.68. The van der Waals surface area contributed by atoms with Gasteiger partial charge in [-0.15, -0.1) is 0 Å². The van der Waals surface area contributed by atoms with E-state index < -0.39 is 32.6 Å². The number of fused-ring (bicyclic) bond motifs is 1. The van der Waals surface area contributed by atoms with E-state index in [1.165, 1.54) is 18.6 Å². The van der Waals surface area contributed by atoms with Crippen LogP contribution in [0.15, 0.2) is 18.2 Å². The molecule has 0 radical (unpaired) electrons. The Morgan fingerprint density at radius 1 is 1.06 bits per heavy atom. The van der Waals surface area contributed by atoms with Crippen molar-refractivity contribution in [2.24, 2.45) is 0 Å². The summed E-state index contributed by atoms with van der Waals surface area (Å²) in [4.78, 5) is 2.24. The van der Waals surface area contributed by atoms with E-state index >= 15 is 4.39 Å². The van der Waals surface area contributed by atoms with Gasteiger partial charge in [-0.25, -0.2) is 4.39 Å². The van der Waals surface area contributed by atoms with Crippen LogP contribution in [0, 0.1) is 5.82 Å². The Morgan fingerprint density at radius 3 is 2.23 bits per heavy atom. The summed E-state index contributed by atoms with van der Waals surface area (Å²) < 4.78 is 55.8. The Kier molecular flexibility index (Phi) is 8.59. The van der Waals surface area contributed by atoms with Gasteiger partial charge < -0.3 is 19.4 Å². The number of nitrogens with one attached hydrogen (secondary N) is 1. The molecule has 0 spiro atoms. The summed E-state index contributed by atoms with van der Waals surface area (Å²) in [5, 5.41) is 3.73. The summed E-state index contributed by atoms with van der Waals surface area (Å²) in [6.07, 6.45) is 0.837. The van der Waals surface area contributed by atoms with Crippen molar-refractivity contribution in [1.29, 1.82) is 0 Å². The zero-order valence-corrected chi connectivity index (χ0v) is 23.8. The first-order chi connectivity index (χ1) is 16.2. The number of alkyl halides is 2. The van der Waals surface area contributed by atoms with Crippen LogP contribution in [0.2, 0.25) is 16.6 Å². The lowest BCUT2D eigenvalue weighted by Gasteiger charge is -2.52. The molecule has 1 heterocycles. The van der Waals surface area contributed by atoms with Crippen LogP contribution in [0.5, 0.6) is 5.75 Å². The first kappa shape index (κ1) is 28.3. The average molecular weight is 515 g/mol. The van der Waals surface area contributed by atoms with Crippen LogP contribution in [-0.4, -0.2) is 45.2 Å². The Morgan fingerprint density at radius 2 is 1.66 bits per heavy atom. The minimum atomic E-state index is -3.62. The molecule has 1 aliphatic heterocycles.